The minimum absolute atomic E-state index is 0.157. The molecule has 4 aromatic rings. The van der Waals surface area contributed by atoms with E-state index >= 15 is 0 Å². The highest BCUT2D eigenvalue weighted by atomic mass is 32.2. The van der Waals surface area contributed by atoms with Gasteiger partial charge in [0.25, 0.3) is 6.43 Å². The monoisotopic (exact) mass is 458 g/mol. The molecule has 2 aromatic heterocycles. The van der Waals surface area contributed by atoms with Crippen LogP contribution in [0.4, 0.5) is 8.78 Å². The van der Waals surface area contributed by atoms with Gasteiger partial charge in [0, 0.05) is 22.6 Å². The molecule has 1 saturated heterocycles. The number of fused-ring (bicyclic) bond motifs is 1. The molecule has 0 spiro atoms. The van der Waals surface area contributed by atoms with E-state index in [4.69, 9.17) is 9.84 Å². The highest BCUT2D eigenvalue weighted by Crippen LogP contribution is 2.37. The third-order valence-electron chi connectivity index (χ3n) is 5.18. The van der Waals surface area contributed by atoms with Gasteiger partial charge in [0.1, 0.15) is 5.69 Å². The van der Waals surface area contributed by atoms with Crippen molar-refractivity contribution >= 4 is 34.0 Å². The normalized spacial score (nSPS) is 16.9. The first-order valence-electron chi connectivity index (χ1n) is 10.1. The van der Waals surface area contributed by atoms with Crippen molar-refractivity contribution in [2.45, 2.75) is 42.6 Å². The Morgan fingerprint density at radius 2 is 2.00 bits per heavy atom. The van der Waals surface area contributed by atoms with Crippen LogP contribution >= 0.6 is 23.1 Å². The molecule has 0 aliphatic carbocycles. The lowest BCUT2D eigenvalue weighted by Crippen LogP contribution is -2.19. The van der Waals surface area contributed by atoms with Gasteiger partial charge >= 0.3 is 0 Å². The molecule has 1 aliphatic rings. The highest BCUT2D eigenvalue weighted by molar-refractivity contribution is 7.98. The second-order valence-corrected chi connectivity index (χ2v) is 9.37. The van der Waals surface area contributed by atoms with Gasteiger partial charge in [-0.3, -0.25) is 0 Å². The van der Waals surface area contributed by atoms with Gasteiger partial charge in [-0.15, -0.1) is 22.0 Å². The first-order valence-corrected chi connectivity index (χ1v) is 11.9. The predicted molar refractivity (Wildman–Crippen MR) is 118 cm³/mol. The number of benzene rings is 2. The van der Waals surface area contributed by atoms with E-state index in [0.29, 0.717) is 17.3 Å². The number of aromatic nitrogens is 4. The Bertz CT molecular complexity index is 1170. The van der Waals surface area contributed by atoms with Crippen LogP contribution in [0.3, 0.4) is 0 Å². The van der Waals surface area contributed by atoms with Crippen LogP contribution in [-0.4, -0.2) is 26.6 Å². The van der Waals surface area contributed by atoms with Gasteiger partial charge in [-0.25, -0.2) is 13.5 Å². The van der Waals surface area contributed by atoms with Crippen LogP contribution in [0.25, 0.3) is 21.6 Å². The molecule has 2 aromatic carbocycles. The Morgan fingerprint density at radius 3 is 2.74 bits per heavy atom. The molecule has 9 heteroatoms. The fourth-order valence-corrected chi connectivity index (χ4v) is 5.25. The number of ether oxygens (including phenoxy) is 1. The second-order valence-electron chi connectivity index (χ2n) is 7.31. The van der Waals surface area contributed by atoms with E-state index in [-0.39, 0.29) is 11.2 Å². The molecule has 5 nitrogen and oxygen atoms in total. The molecule has 0 saturated carbocycles. The van der Waals surface area contributed by atoms with Gasteiger partial charge in [0.05, 0.1) is 5.52 Å². The average Bonchev–Trinajstić information content (AvgIpc) is 3.44. The Kier molecular flexibility index (Phi) is 5.97. The smallest absolute Gasteiger partial charge is 0.291 e. The molecule has 1 atom stereocenters. The van der Waals surface area contributed by atoms with E-state index in [0.717, 1.165) is 52.2 Å². The van der Waals surface area contributed by atoms with Crippen LogP contribution in [0, 0.1) is 0 Å². The maximum atomic E-state index is 13.1. The summed E-state index contributed by atoms with van der Waals surface area (Å²) in [6.45, 7) is 0.695. The Balaban J connectivity index is 1.53. The maximum Gasteiger partial charge on any atom is 0.291 e. The lowest BCUT2D eigenvalue weighted by Gasteiger charge is -2.23. The second kappa shape index (κ2) is 9.02. The third-order valence-corrected chi connectivity index (χ3v) is 7.19. The van der Waals surface area contributed by atoms with Crippen LogP contribution in [0.2, 0.25) is 0 Å². The summed E-state index contributed by atoms with van der Waals surface area (Å²) in [6, 6.07) is 16.4. The van der Waals surface area contributed by atoms with Gasteiger partial charge in [-0.2, -0.15) is 5.10 Å². The molecule has 1 fully saturated rings. The Morgan fingerprint density at radius 1 is 1.13 bits per heavy atom. The fourth-order valence-electron chi connectivity index (χ4n) is 3.66. The zero-order chi connectivity index (χ0) is 21.2. The number of nitrogens with zero attached hydrogens (tertiary/aromatic N) is 4. The quantitative estimate of drug-likeness (QED) is 0.309. The van der Waals surface area contributed by atoms with Crippen LogP contribution in [-0.2, 0) is 10.5 Å². The van der Waals surface area contributed by atoms with E-state index in [1.165, 1.54) is 5.56 Å². The summed E-state index contributed by atoms with van der Waals surface area (Å²) in [6.07, 6.45) is 0.185. The zero-order valence-corrected chi connectivity index (χ0v) is 18.2. The van der Waals surface area contributed by atoms with Gasteiger partial charge in [0.15, 0.2) is 16.2 Å². The highest BCUT2D eigenvalue weighted by Gasteiger charge is 2.24. The summed E-state index contributed by atoms with van der Waals surface area (Å²) >= 11 is 2.62. The predicted octanol–water partition coefficient (Wildman–Crippen LogP) is 6.48. The van der Waals surface area contributed by atoms with Crippen LogP contribution in [0.5, 0.6) is 0 Å². The molecule has 5 rings (SSSR count). The van der Waals surface area contributed by atoms with Gasteiger partial charge in [0.2, 0.25) is 0 Å². The average molecular weight is 459 g/mol. The molecular weight excluding hydrogens is 438 g/mol. The molecule has 0 radical (unpaired) electrons. The first-order chi connectivity index (χ1) is 15.2. The van der Waals surface area contributed by atoms with Gasteiger partial charge < -0.3 is 4.74 Å². The van der Waals surface area contributed by atoms with Gasteiger partial charge in [-0.1, -0.05) is 41.7 Å². The fraction of sp³-hybridized carbons (Fsp3) is 0.318. The van der Waals surface area contributed by atoms with E-state index < -0.39 is 6.43 Å². The van der Waals surface area contributed by atoms with Crippen molar-refractivity contribution in [3.05, 3.63) is 59.1 Å². The van der Waals surface area contributed by atoms with Crippen molar-refractivity contribution in [1.29, 1.82) is 0 Å². The minimum Gasteiger partial charge on any atom is -0.356 e. The van der Waals surface area contributed by atoms with Crippen LogP contribution in [0.15, 0.2) is 53.4 Å². The molecule has 3 heterocycles. The van der Waals surface area contributed by atoms with E-state index in [1.807, 2.05) is 28.9 Å². The largest absolute Gasteiger partial charge is 0.356 e. The first kappa shape index (κ1) is 20.5. The van der Waals surface area contributed by atoms with Gasteiger partial charge in [-0.05, 0) is 43.0 Å². The van der Waals surface area contributed by atoms with Crippen molar-refractivity contribution in [2.75, 3.05) is 6.61 Å². The summed E-state index contributed by atoms with van der Waals surface area (Å²) in [7, 11) is 0. The number of halogens is 2. The summed E-state index contributed by atoms with van der Waals surface area (Å²) < 4.78 is 34.0. The van der Waals surface area contributed by atoms with Crippen LogP contribution < -0.4 is 0 Å². The number of rotatable bonds is 6. The van der Waals surface area contributed by atoms with Crippen molar-refractivity contribution in [3.63, 3.8) is 0 Å². The maximum absolute atomic E-state index is 13.1. The SMILES string of the molecule is FC(F)c1nnc(-c2nn(C3CCCCO3)c3ccc(SCc4ccccc4)cc23)s1. The molecule has 0 amide bonds. The molecule has 0 bridgehead atoms. The molecule has 31 heavy (non-hydrogen) atoms. The summed E-state index contributed by atoms with van der Waals surface area (Å²) in [4.78, 5) is 1.08. The lowest BCUT2D eigenvalue weighted by molar-refractivity contribution is -0.0365. The standard InChI is InChI=1S/C22H20F2N4OS2/c23-20(24)22-26-25-21(31-22)19-16-12-15(30-13-14-6-2-1-3-7-14)9-10-17(16)28(27-19)18-8-4-5-11-29-18/h1-3,6-7,9-10,12,18,20H,4-5,8,11,13H2. The van der Waals surface area contributed by atoms with Crippen molar-refractivity contribution in [1.82, 2.24) is 20.0 Å². The molecular formula is C22H20F2N4OS2. The molecule has 0 N–H and O–H groups in total. The molecule has 1 unspecified atom stereocenters. The Hall–Kier alpha value is -2.36. The zero-order valence-electron chi connectivity index (χ0n) is 16.6. The summed E-state index contributed by atoms with van der Waals surface area (Å²) in [5.41, 5.74) is 2.74. The van der Waals surface area contributed by atoms with Crippen molar-refractivity contribution in [3.8, 4) is 10.7 Å². The number of alkyl halides is 2. The summed E-state index contributed by atoms with van der Waals surface area (Å²) in [5, 5.41) is 13.4. The van der Waals surface area contributed by atoms with E-state index in [9.17, 15) is 8.78 Å². The molecule has 160 valence electrons. The summed E-state index contributed by atoms with van der Waals surface area (Å²) in [5.74, 6) is 0.843. The van der Waals surface area contributed by atoms with E-state index in [1.54, 1.807) is 11.8 Å². The number of hydrogen-bond acceptors (Lipinski definition) is 6. The van der Waals surface area contributed by atoms with E-state index in [2.05, 4.69) is 34.5 Å². The lowest BCUT2D eigenvalue weighted by atomic mass is 10.2. The number of thioether (sulfide) groups is 1. The minimum atomic E-state index is -2.64. The molecule has 1 aliphatic heterocycles. The third kappa shape index (κ3) is 4.35. The van der Waals surface area contributed by atoms with Crippen molar-refractivity contribution in [2.24, 2.45) is 0 Å². The number of hydrogen-bond donors (Lipinski definition) is 0. The topological polar surface area (TPSA) is 52.8 Å². The van der Waals surface area contributed by atoms with Crippen molar-refractivity contribution < 1.29 is 13.5 Å². The van der Waals surface area contributed by atoms with Crippen LogP contribution in [0.1, 0.15) is 42.5 Å². The Labute approximate surface area is 186 Å².